The predicted octanol–water partition coefficient (Wildman–Crippen LogP) is 3.79. The van der Waals surface area contributed by atoms with Gasteiger partial charge in [0.1, 0.15) is 0 Å². The lowest BCUT2D eigenvalue weighted by molar-refractivity contribution is -0.122. The minimum Gasteiger partial charge on any atom is -0.355 e. The summed E-state index contributed by atoms with van der Waals surface area (Å²) in [6, 6.07) is 8.22. The van der Waals surface area contributed by atoms with E-state index in [1.165, 1.54) is 23.3 Å². The van der Waals surface area contributed by atoms with Crippen molar-refractivity contribution >= 4 is 29.3 Å². The number of nitrogens with one attached hydrogen (secondary N) is 1. The van der Waals surface area contributed by atoms with E-state index in [0.717, 1.165) is 25.1 Å². The highest BCUT2D eigenvalue weighted by molar-refractivity contribution is 7.99. The van der Waals surface area contributed by atoms with Crippen molar-refractivity contribution in [1.82, 2.24) is 5.32 Å². The lowest BCUT2D eigenvalue weighted by Crippen LogP contribution is -2.37. The number of hydrogen-bond donors (Lipinski definition) is 1. The monoisotopic (exact) mass is 309 g/mol. The molecule has 1 heterocycles. The highest BCUT2D eigenvalue weighted by Gasteiger charge is 2.30. The molecule has 1 N–H and O–H groups in total. The van der Waals surface area contributed by atoms with Crippen LogP contribution in [0, 0.1) is 5.92 Å². The number of carbonyl (C=O) groups is 1. The molecule has 108 valence electrons. The maximum absolute atomic E-state index is 12.4. The topological polar surface area (TPSA) is 29.1 Å². The van der Waals surface area contributed by atoms with Crippen molar-refractivity contribution in [3.8, 4) is 0 Å². The van der Waals surface area contributed by atoms with Gasteiger partial charge in [-0.15, -0.1) is 23.4 Å². The fourth-order valence-electron chi connectivity index (χ4n) is 3.13. The Morgan fingerprint density at radius 1 is 1.30 bits per heavy atom. The Morgan fingerprint density at radius 2 is 2.10 bits per heavy atom. The molecule has 1 aliphatic carbocycles. The van der Waals surface area contributed by atoms with Crippen LogP contribution in [0.1, 0.15) is 37.2 Å². The van der Waals surface area contributed by atoms with E-state index in [0.29, 0.717) is 5.92 Å². The molecule has 1 amide bonds. The maximum atomic E-state index is 12.4. The fourth-order valence-corrected chi connectivity index (χ4v) is 4.73. The van der Waals surface area contributed by atoms with Crippen molar-refractivity contribution < 1.29 is 4.79 Å². The first-order valence-electron chi connectivity index (χ1n) is 7.39. The summed E-state index contributed by atoms with van der Waals surface area (Å²) in [5.74, 6) is 1.48. The molecule has 0 spiro atoms. The molecule has 0 saturated heterocycles. The van der Waals surface area contributed by atoms with Crippen LogP contribution in [0.4, 0.5) is 0 Å². The van der Waals surface area contributed by atoms with Gasteiger partial charge in [0.25, 0.3) is 0 Å². The van der Waals surface area contributed by atoms with Crippen LogP contribution in [0.3, 0.4) is 0 Å². The molecule has 2 aliphatic rings. The van der Waals surface area contributed by atoms with E-state index in [1.54, 1.807) is 11.8 Å². The average molecular weight is 310 g/mol. The molecule has 0 radical (unpaired) electrons. The maximum Gasteiger partial charge on any atom is 0.228 e. The third-order valence-corrected chi connectivity index (χ3v) is 6.13. The van der Waals surface area contributed by atoms with E-state index in [4.69, 9.17) is 11.6 Å². The van der Waals surface area contributed by atoms with E-state index in [2.05, 4.69) is 17.4 Å². The van der Waals surface area contributed by atoms with Crippen molar-refractivity contribution in [3.63, 3.8) is 0 Å². The van der Waals surface area contributed by atoms with Gasteiger partial charge >= 0.3 is 0 Å². The molecular weight excluding hydrogens is 290 g/mol. The van der Waals surface area contributed by atoms with Gasteiger partial charge in [0.15, 0.2) is 0 Å². The van der Waals surface area contributed by atoms with E-state index in [-0.39, 0.29) is 17.2 Å². The van der Waals surface area contributed by atoms with Crippen LogP contribution in [-0.2, 0) is 4.79 Å². The van der Waals surface area contributed by atoms with Crippen molar-refractivity contribution in [2.45, 2.75) is 41.9 Å². The van der Waals surface area contributed by atoms with Crippen LogP contribution in [0.5, 0.6) is 0 Å². The zero-order valence-corrected chi connectivity index (χ0v) is 13.1. The molecule has 3 unspecified atom stereocenters. The van der Waals surface area contributed by atoms with Gasteiger partial charge in [-0.05, 0) is 30.4 Å². The zero-order chi connectivity index (χ0) is 13.9. The number of benzene rings is 1. The molecule has 1 aromatic carbocycles. The fraction of sp³-hybridized carbons (Fsp3) is 0.562. The molecule has 1 fully saturated rings. The number of carbonyl (C=O) groups excluding carboxylic acids is 1. The molecule has 1 saturated carbocycles. The van der Waals surface area contributed by atoms with Crippen molar-refractivity contribution in [2.75, 3.05) is 12.3 Å². The Bertz CT molecular complexity index is 493. The number of fused-ring (bicyclic) bond motifs is 1. The van der Waals surface area contributed by atoms with Crippen LogP contribution in [0.25, 0.3) is 0 Å². The molecule has 0 bridgehead atoms. The Labute approximate surface area is 129 Å². The molecule has 20 heavy (non-hydrogen) atoms. The van der Waals surface area contributed by atoms with Gasteiger partial charge < -0.3 is 5.32 Å². The number of amides is 1. The molecule has 1 aromatic rings. The largest absolute Gasteiger partial charge is 0.355 e. The summed E-state index contributed by atoms with van der Waals surface area (Å²) in [7, 11) is 0. The van der Waals surface area contributed by atoms with Gasteiger partial charge in [-0.1, -0.05) is 31.0 Å². The Balaban J connectivity index is 1.58. The Morgan fingerprint density at radius 3 is 2.95 bits per heavy atom. The first-order valence-corrected chi connectivity index (χ1v) is 8.81. The van der Waals surface area contributed by atoms with E-state index in [9.17, 15) is 4.79 Å². The molecule has 3 atom stereocenters. The minimum atomic E-state index is 0.00793. The van der Waals surface area contributed by atoms with Gasteiger partial charge in [-0.25, -0.2) is 0 Å². The Kier molecular flexibility index (Phi) is 4.57. The van der Waals surface area contributed by atoms with Crippen LogP contribution in [-0.4, -0.2) is 23.6 Å². The zero-order valence-electron chi connectivity index (χ0n) is 11.5. The van der Waals surface area contributed by atoms with Crippen molar-refractivity contribution in [1.29, 1.82) is 0 Å². The lowest BCUT2D eigenvalue weighted by Gasteiger charge is -2.27. The Hall–Kier alpha value is -0.670. The molecule has 4 heteroatoms. The summed E-state index contributed by atoms with van der Waals surface area (Å²) >= 11 is 8.13. The average Bonchev–Trinajstić information content (AvgIpc) is 2.90. The highest BCUT2D eigenvalue weighted by atomic mass is 35.5. The second-order valence-corrected chi connectivity index (χ2v) is 7.33. The minimum absolute atomic E-state index is 0.00793. The van der Waals surface area contributed by atoms with Crippen molar-refractivity contribution in [2.24, 2.45) is 5.92 Å². The van der Waals surface area contributed by atoms with Crippen LogP contribution < -0.4 is 5.32 Å². The first-order chi connectivity index (χ1) is 9.75. The summed E-state index contributed by atoms with van der Waals surface area (Å²) < 4.78 is 0. The van der Waals surface area contributed by atoms with Crippen LogP contribution in [0.2, 0.25) is 0 Å². The molecule has 2 nitrogen and oxygen atoms in total. The number of hydrogen-bond acceptors (Lipinski definition) is 2. The van der Waals surface area contributed by atoms with Gasteiger partial charge in [-0.3, -0.25) is 4.79 Å². The smallest absolute Gasteiger partial charge is 0.228 e. The summed E-state index contributed by atoms with van der Waals surface area (Å²) in [6.07, 6.45) is 4.70. The highest BCUT2D eigenvalue weighted by Crippen LogP contribution is 2.39. The van der Waals surface area contributed by atoms with E-state index < -0.39 is 0 Å². The summed E-state index contributed by atoms with van der Waals surface area (Å²) in [5.41, 5.74) is 1.18. The number of rotatable bonds is 3. The van der Waals surface area contributed by atoms with Gasteiger partial charge in [0, 0.05) is 22.6 Å². The molecule has 0 aromatic heterocycles. The van der Waals surface area contributed by atoms with Crippen molar-refractivity contribution in [3.05, 3.63) is 29.8 Å². The third kappa shape index (κ3) is 2.99. The van der Waals surface area contributed by atoms with E-state index >= 15 is 0 Å². The van der Waals surface area contributed by atoms with E-state index in [1.807, 2.05) is 12.1 Å². The third-order valence-electron chi connectivity index (χ3n) is 4.37. The SMILES string of the molecule is O=C(NCC1CCCCC1Cl)C1CSc2ccccc21. The number of thioether (sulfide) groups is 1. The lowest BCUT2D eigenvalue weighted by atomic mass is 9.88. The van der Waals surface area contributed by atoms with Crippen LogP contribution in [0.15, 0.2) is 29.2 Å². The second kappa shape index (κ2) is 6.40. The summed E-state index contributed by atoms with van der Waals surface area (Å²) in [4.78, 5) is 13.6. The van der Waals surface area contributed by atoms with Gasteiger partial charge in [-0.2, -0.15) is 0 Å². The summed E-state index contributed by atoms with van der Waals surface area (Å²) in [6.45, 7) is 0.732. The summed E-state index contributed by atoms with van der Waals surface area (Å²) in [5, 5.41) is 3.36. The molecule has 3 rings (SSSR count). The van der Waals surface area contributed by atoms with Crippen LogP contribution >= 0.6 is 23.4 Å². The molecule has 1 aliphatic heterocycles. The quantitative estimate of drug-likeness (QED) is 0.861. The molecular formula is C16H20ClNOS. The standard InChI is InChI=1S/C16H20ClNOS/c17-14-7-3-1-5-11(14)9-18-16(19)13-10-20-15-8-4-2-6-12(13)15/h2,4,6,8,11,13-14H,1,3,5,7,9-10H2,(H,18,19). The van der Waals surface area contributed by atoms with Gasteiger partial charge in [0.2, 0.25) is 5.91 Å². The second-order valence-electron chi connectivity index (χ2n) is 5.71. The van der Waals surface area contributed by atoms with Gasteiger partial charge in [0.05, 0.1) is 5.92 Å². The number of alkyl halides is 1. The number of halogens is 1. The first kappa shape index (κ1) is 14.3. The normalized spacial score (nSPS) is 28.9. The predicted molar refractivity (Wildman–Crippen MR) is 84.5 cm³/mol.